The molecule has 0 aromatic rings. The summed E-state index contributed by atoms with van der Waals surface area (Å²) in [6.07, 6.45) is -0.565. The summed E-state index contributed by atoms with van der Waals surface area (Å²) < 4.78 is 18.0. The average Bonchev–Trinajstić information content (AvgIpc) is 2.44. The fourth-order valence-electron chi connectivity index (χ4n) is 1.20. The molecule has 0 saturated heterocycles. The number of nitrogens with zero attached hydrogens (tertiary/aromatic N) is 1. The third-order valence-corrected chi connectivity index (χ3v) is 9.10. The van der Waals surface area contributed by atoms with Gasteiger partial charge in [0.1, 0.15) is 11.7 Å². The number of alkyl carbamates (subject to hydrolysis) is 1. The predicted molar refractivity (Wildman–Crippen MR) is 97.8 cm³/mol. The van der Waals surface area contributed by atoms with Gasteiger partial charge in [0.15, 0.2) is 0 Å². The SMILES string of the molecule is CCOP(=S)(OCC)N(SSC(=N)COC(=O)NC)C(C)C. The first-order chi connectivity index (χ1) is 10.3. The molecule has 7 nitrogen and oxygen atoms in total. The maximum atomic E-state index is 11.0. The molecule has 0 atom stereocenters. The molecule has 0 aliphatic rings. The summed E-state index contributed by atoms with van der Waals surface area (Å²) in [4.78, 5) is 11.0. The number of carbonyl (C=O) groups is 1. The minimum atomic E-state index is -2.59. The van der Waals surface area contributed by atoms with Crippen molar-refractivity contribution in [2.75, 3.05) is 26.9 Å². The van der Waals surface area contributed by atoms with E-state index in [1.54, 1.807) is 0 Å². The Morgan fingerprint density at radius 1 is 1.36 bits per heavy atom. The number of ether oxygens (including phenoxy) is 1. The highest BCUT2D eigenvalue weighted by molar-refractivity contribution is 8.82. The molecule has 0 aromatic carbocycles. The Bertz CT molecular complexity index is 402. The van der Waals surface area contributed by atoms with Crippen LogP contribution in [0.3, 0.4) is 0 Å². The van der Waals surface area contributed by atoms with Gasteiger partial charge in [0.25, 0.3) is 6.64 Å². The predicted octanol–water partition coefficient (Wildman–Crippen LogP) is 3.62. The van der Waals surface area contributed by atoms with E-state index in [0.29, 0.717) is 13.2 Å². The maximum Gasteiger partial charge on any atom is 0.407 e. The molecule has 0 unspecified atom stereocenters. The van der Waals surface area contributed by atoms with Gasteiger partial charge in [-0.1, -0.05) is 0 Å². The van der Waals surface area contributed by atoms with Crippen LogP contribution in [0.1, 0.15) is 27.7 Å². The number of hydrogen-bond acceptors (Lipinski definition) is 8. The summed E-state index contributed by atoms with van der Waals surface area (Å²) in [5, 5.41) is 10.3. The number of nitrogens with one attached hydrogen (secondary N) is 2. The van der Waals surface area contributed by atoms with Crippen molar-refractivity contribution in [2.24, 2.45) is 0 Å². The second-order valence-electron chi connectivity index (χ2n) is 4.11. The lowest BCUT2D eigenvalue weighted by molar-refractivity contribution is 0.164. The van der Waals surface area contributed by atoms with Crippen LogP contribution in [0.15, 0.2) is 0 Å². The molecular formula is C11H24N3O4PS3. The molecule has 0 aromatic heterocycles. The zero-order chi connectivity index (χ0) is 17.2. The summed E-state index contributed by atoms with van der Waals surface area (Å²) in [5.74, 6) is 0. The van der Waals surface area contributed by atoms with E-state index in [2.05, 4.69) is 5.32 Å². The molecule has 0 fully saturated rings. The van der Waals surface area contributed by atoms with Crippen LogP contribution in [0.25, 0.3) is 0 Å². The summed E-state index contributed by atoms with van der Waals surface area (Å²) in [6.45, 7) is 5.95. The van der Waals surface area contributed by atoms with E-state index < -0.39 is 12.7 Å². The van der Waals surface area contributed by atoms with Crippen LogP contribution in [-0.2, 0) is 25.6 Å². The molecule has 0 bridgehead atoms. The fraction of sp³-hybridized carbons (Fsp3) is 0.818. The van der Waals surface area contributed by atoms with Crippen molar-refractivity contribution in [1.29, 1.82) is 5.41 Å². The van der Waals surface area contributed by atoms with Crippen molar-refractivity contribution in [1.82, 2.24) is 9.39 Å². The van der Waals surface area contributed by atoms with E-state index in [1.807, 2.05) is 31.8 Å². The van der Waals surface area contributed by atoms with E-state index >= 15 is 0 Å². The molecule has 11 heteroatoms. The van der Waals surface area contributed by atoms with Crippen molar-refractivity contribution in [3.63, 3.8) is 0 Å². The standard InChI is InChI=1S/C11H24N3O4PS3/c1-6-17-19(20,18-7-2)14(9(3)4)22-21-10(12)8-16-11(15)13-5/h9,12H,6-8H2,1-5H3,(H,13,15). The average molecular weight is 390 g/mol. The topological polar surface area (TPSA) is 83.9 Å². The lowest BCUT2D eigenvalue weighted by Gasteiger charge is -2.34. The lowest BCUT2D eigenvalue weighted by atomic mass is 10.4. The molecular weight excluding hydrogens is 365 g/mol. The van der Waals surface area contributed by atoms with Crippen LogP contribution >= 0.6 is 28.4 Å². The summed E-state index contributed by atoms with van der Waals surface area (Å²) in [6, 6.07) is 0.0779. The molecule has 0 radical (unpaired) electrons. The van der Waals surface area contributed by atoms with Crippen molar-refractivity contribution in [3.8, 4) is 0 Å². The van der Waals surface area contributed by atoms with E-state index in [-0.39, 0.29) is 17.7 Å². The number of rotatable bonds is 10. The smallest absolute Gasteiger partial charge is 0.407 e. The first-order valence-corrected chi connectivity index (χ1v) is 11.5. The molecule has 0 saturated carbocycles. The molecule has 22 heavy (non-hydrogen) atoms. The van der Waals surface area contributed by atoms with Crippen LogP contribution in [0.2, 0.25) is 0 Å². The highest BCUT2D eigenvalue weighted by Crippen LogP contribution is 2.59. The van der Waals surface area contributed by atoms with Crippen LogP contribution in [0, 0.1) is 5.41 Å². The molecule has 0 heterocycles. The number of hydrogen-bond donors (Lipinski definition) is 2. The van der Waals surface area contributed by atoms with Crippen molar-refractivity contribution >= 4 is 51.4 Å². The zero-order valence-corrected chi connectivity index (χ0v) is 16.8. The van der Waals surface area contributed by atoms with Crippen LogP contribution in [-0.4, -0.2) is 48.1 Å². The molecule has 0 aliphatic heterocycles. The normalized spacial score (nSPS) is 11.8. The van der Waals surface area contributed by atoms with E-state index in [4.69, 9.17) is 31.0 Å². The van der Waals surface area contributed by atoms with Crippen molar-refractivity contribution in [3.05, 3.63) is 0 Å². The fourth-order valence-corrected chi connectivity index (χ4v) is 7.90. The van der Waals surface area contributed by atoms with Gasteiger partial charge in [0, 0.05) is 24.1 Å². The third kappa shape index (κ3) is 8.14. The van der Waals surface area contributed by atoms with Gasteiger partial charge in [-0.15, -0.1) is 0 Å². The van der Waals surface area contributed by atoms with Gasteiger partial charge < -0.3 is 19.1 Å². The second kappa shape index (κ2) is 11.7. The van der Waals surface area contributed by atoms with Crippen molar-refractivity contribution in [2.45, 2.75) is 33.7 Å². The van der Waals surface area contributed by atoms with Gasteiger partial charge in [-0.3, -0.25) is 5.41 Å². The Morgan fingerprint density at radius 3 is 2.32 bits per heavy atom. The number of carbonyl (C=O) groups excluding carboxylic acids is 1. The first-order valence-electron chi connectivity index (χ1n) is 6.76. The summed E-state index contributed by atoms with van der Waals surface area (Å²) in [7, 11) is 3.93. The minimum Gasteiger partial charge on any atom is -0.442 e. The van der Waals surface area contributed by atoms with Crippen LogP contribution < -0.4 is 5.32 Å². The maximum absolute atomic E-state index is 11.0. The largest absolute Gasteiger partial charge is 0.442 e. The Hall–Kier alpha value is 0.170. The molecule has 0 spiro atoms. The Morgan fingerprint density at radius 2 is 1.91 bits per heavy atom. The van der Waals surface area contributed by atoms with Crippen molar-refractivity contribution < 1.29 is 18.6 Å². The molecule has 130 valence electrons. The second-order valence-corrected chi connectivity index (χ2v) is 9.80. The lowest BCUT2D eigenvalue weighted by Crippen LogP contribution is -2.24. The van der Waals surface area contributed by atoms with Crippen LogP contribution in [0.4, 0.5) is 4.79 Å². The van der Waals surface area contributed by atoms with Gasteiger partial charge in [0.05, 0.1) is 13.2 Å². The van der Waals surface area contributed by atoms with E-state index in [0.717, 1.165) is 0 Å². The van der Waals surface area contributed by atoms with Gasteiger partial charge in [-0.2, -0.15) is 4.08 Å². The van der Waals surface area contributed by atoms with Gasteiger partial charge in [-0.25, -0.2) is 4.79 Å². The molecule has 2 N–H and O–H groups in total. The number of amides is 1. The molecule has 0 aliphatic carbocycles. The minimum absolute atomic E-state index is 0.0779. The van der Waals surface area contributed by atoms with Gasteiger partial charge in [-0.05, 0) is 50.3 Å². The van der Waals surface area contributed by atoms with Gasteiger partial charge >= 0.3 is 6.09 Å². The van der Waals surface area contributed by atoms with Gasteiger partial charge in [0.2, 0.25) is 0 Å². The third-order valence-electron chi connectivity index (χ3n) is 2.02. The summed E-state index contributed by atoms with van der Waals surface area (Å²) >= 11 is 5.57. The highest BCUT2D eigenvalue weighted by Gasteiger charge is 2.31. The quantitative estimate of drug-likeness (QED) is 0.193. The Kier molecular flexibility index (Phi) is 11.8. The molecule has 1 amide bonds. The first kappa shape index (κ1) is 22.2. The van der Waals surface area contributed by atoms with E-state index in [9.17, 15) is 4.79 Å². The molecule has 0 rings (SSSR count). The highest BCUT2D eigenvalue weighted by atomic mass is 33.1. The zero-order valence-electron chi connectivity index (χ0n) is 13.5. The monoisotopic (exact) mass is 389 g/mol. The van der Waals surface area contributed by atoms with E-state index in [1.165, 1.54) is 28.8 Å². The summed E-state index contributed by atoms with van der Waals surface area (Å²) in [5.41, 5.74) is 0. The Labute approximate surface area is 145 Å². The Balaban J connectivity index is 4.67. The van der Waals surface area contributed by atoms with Crippen LogP contribution in [0.5, 0.6) is 0 Å².